The Morgan fingerprint density at radius 1 is 0.800 bits per heavy atom. The van der Waals surface area contributed by atoms with Crippen molar-refractivity contribution in [1.82, 2.24) is 0 Å². The number of hydrogen-bond donors (Lipinski definition) is 1. The van der Waals surface area contributed by atoms with E-state index in [9.17, 15) is 4.91 Å². The molecule has 2 rings (SSSR count). The second kappa shape index (κ2) is 4.28. The average molecular weight is 215 g/mol. The standard InChI is InChI=1S/C12H9NOS/c14-13-11-5-1-9(2-6-11)10-3-7-12(15)8-4-10/h1-8,15H. The van der Waals surface area contributed by atoms with E-state index in [1.165, 1.54) is 0 Å². The van der Waals surface area contributed by atoms with Gasteiger partial charge < -0.3 is 0 Å². The summed E-state index contributed by atoms with van der Waals surface area (Å²) in [6.45, 7) is 0. The zero-order valence-electron chi connectivity index (χ0n) is 7.92. The fourth-order valence-electron chi connectivity index (χ4n) is 1.37. The van der Waals surface area contributed by atoms with Gasteiger partial charge in [-0.3, -0.25) is 0 Å². The summed E-state index contributed by atoms with van der Waals surface area (Å²) >= 11 is 4.22. The summed E-state index contributed by atoms with van der Waals surface area (Å²) in [7, 11) is 0. The van der Waals surface area contributed by atoms with Crippen LogP contribution in [0.4, 0.5) is 5.69 Å². The maximum Gasteiger partial charge on any atom is 0.108 e. The first-order valence-corrected chi connectivity index (χ1v) is 4.97. The van der Waals surface area contributed by atoms with Gasteiger partial charge in [-0.1, -0.05) is 24.3 Å². The van der Waals surface area contributed by atoms with Gasteiger partial charge in [0.25, 0.3) is 0 Å². The third-order valence-corrected chi connectivity index (χ3v) is 2.47. The quantitative estimate of drug-likeness (QED) is 0.594. The Labute approximate surface area is 93.3 Å². The highest BCUT2D eigenvalue weighted by Gasteiger charge is 1.97. The van der Waals surface area contributed by atoms with E-state index >= 15 is 0 Å². The van der Waals surface area contributed by atoms with Crippen molar-refractivity contribution in [3.63, 3.8) is 0 Å². The third kappa shape index (κ3) is 2.25. The van der Waals surface area contributed by atoms with Crippen LogP contribution in [0.5, 0.6) is 0 Å². The van der Waals surface area contributed by atoms with Gasteiger partial charge in [0.1, 0.15) is 5.69 Å². The molecule has 0 heterocycles. The highest BCUT2D eigenvalue weighted by Crippen LogP contribution is 2.23. The van der Waals surface area contributed by atoms with Gasteiger partial charge in [-0.25, -0.2) is 0 Å². The molecule has 15 heavy (non-hydrogen) atoms. The van der Waals surface area contributed by atoms with Gasteiger partial charge in [-0.15, -0.1) is 17.5 Å². The molecule has 0 fully saturated rings. The summed E-state index contributed by atoms with van der Waals surface area (Å²) in [4.78, 5) is 11.2. The average Bonchev–Trinajstić information content (AvgIpc) is 2.30. The molecule has 74 valence electrons. The fraction of sp³-hybridized carbons (Fsp3) is 0. The lowest BCUT2D eigenvalue weighted by Crippen LogP contribution is -1.76. The summed E-state index contributed by atoms with van der Waals surface area (Å²) in [6.07, 6.45) is 0. The minimum atomic E-state index is 0.449. The van der Waals surface area contributed by atoms with Gasteiger partial charge in [0.2, 0.25) is 0 Å². The summed E-state index contributed by atoms with van der Waals surface area (Å²) in [5.74, 6) is 0. The Kier molecular flexibility index (Phi) is 2.83. The van der Waals surface area contributed by atoms with Gasteiger partial charge in [-0.05, 0) is 40.6 Å². The first-order chi connectivity index (χ1) is 7.29. The second-order valence-corrected chi connectivity index (χ2v) is 3.70. The summed E-state index contributed by atoms with van der Waals surface area (Å²) in [5, 5.41) is 2.86. The smallest absolute Gasteiger partial charge is 0.108 e. The van der Waals surface area contributed by atoms with Crippen molar-refractivity contribution in [1.29, 1.82) is 0 Å². The molecule has 0 spiro atoms. The Hall–Kier alpha value is -1.61. The molecular weight excluding hydrogens is 206 g/mol. The van der Waals surface area contributed by atoms with Crippen LogP contribution in [0.2, 0.25) is 0 Å². The van der Waals surface area contributed by atoms with Crippen molar-refractivity contribution in [3.05, 3.63) is 53.4 Å². The Balaban J connectivity index is 2.37. The molecule has 0 unspecified atom stereocenters. The molecule has 0 bridgehead atoms. The minimum absolute atomic E-state index is 0.449. The van der Waals surface area contributed by atoms with Crippen LogP contribution in [0, 0.1) is 4.91 Å². The first kappa shape index (κ1) is 9.93. The van der Waals surface area contributed by atoms with E-state index in [-0.39, 0.29) is 0 Å². The summed E-state index contributed by atoms with van der Waals surface area (Å²) < 4.78 is 0. The molecule has 3 heteroatoms. The maximum absolute atomic E-state index is 10.2. The van der Waals surface area contributed by atoms with Crippen molar-refractivity contribution in [2.45, 2.75) is 4.90 Å². The van der Waals surface area contributed by atoms with Crippen LogP contribution < -0.4 is 0 Å². The van der Waals surface area contributed by atoms with Gasteiger partial charge in [0.05, 0.1) is 0 Å². The van der Waals surface area contributed by atoms with Crippen molar-refractivity contribution >= 4 is 18.3 Å². The van der Waals surface area contributed by atoms with E-state index < -0.39 is 0 Å². The van der Waals surface area contributed by atoms with Crippen molar-refractivity contribution in [2.75, 3.05) is 0 Å². The third-order valence-electron chi connectivity index (χ3n) is 2.17. The van der Waals surface area contributed by atoms with Crippen molar-refractivity contribution < 1.29 is 0 Å². The van der Waals surface area contributed by atoms with Crippen LogP contribution in [0.1, 0.15) is 0 Å². The first-order valence-electron chi connectivity index (χ1n) is 4.52. The minimum Gasteiger partial charge on any atom is -0.145 e. The van der Waals surface area contributed by atoms with E-state index in [4.69, 9.17) is 0 Å². The van der Waals surface area contributed by atoms with E-state index in [0.717, 1.165) is 16.0 Å². The molecule has 0 saturated carbocycles. The molecule has 2 nitrogen and oxygen atoms in total. The molecular formula is C12H9NOS. The van der Waals surface area contributed by atoms with Gasteiger partial charge in [-0.2, -0.15) is 0 Å². The van der Waals surface area contributed by atoms with Crippen LogP contribution in [0.25, 0.3) is 11.1 Å². The Bertz CT molecular complexity index is 462. The molecule has 0 radical (unpaired) electrons. The molecule has 0 aliphatic rings. The highest BCUT2D eigenvalue weighted by molar-refractivity contribution is 7.80. The molecule has 2 aromatic carbocycles. The van der Waals surface area contributed by atoms with Crippen LogP contribution in [0.15, 0.2) is 58.6 Å². The lowest BCUT2D eigenvalue weighted by Gasteiger charge is -2.01. The van der Waals surface area contributed by atoms with Crippen LogP contribution in [-0.4, -0.2) is 0 Å². The van der Waals surface area contributed by atoms with Crippen molar-refractivity contribution in [3.8, 4) is 11.1 Å². The molecule has 2 aromatic rings. The SMILES string of the molecule is O=Nc1ccc(-c2ccc(S)cc2)cc1. The maximum atomic E-state index is 10.2. The number of nitroso groups, excluding NO2 is 1. The predicted molar refractivity (Wildman–Crippen MR) is 64.6 cm³/mol. The summed E-state index contributed by atoms with van der Waals surface area (Å²) in [5.41, 5.74) is 2.62. The topological polar surface area (TPSA) is 29.4 Å². The van der Waals surface area contributed by atoms with Gasteiger partial charge in [0, 0.05) is 4.90 Å². The molecule has 0 aliphatic carbocycles. The number of benzene rings is 2. The largest absolute Gasteiger partial charge is 0.145 e. The van der Waals surface area contributed by atoms with Gasteiger partial charge >= 0.3 is 0 Å². The predicted octanol–water partition coefficient (Wildman–Crippen LogP) is 4.04. The second-order valence-electron chi connectivity index (χ2n) is 3.19. The molecule has 0 saturated heterocycles. The monoisotopic (exact) mass is 215 g/mol. The Morgan fingerprint density at radius 3 is 1.73 bits per heavy atom. The Morgan fingerprint density at radius 2 is 1.27 bits per heavy atom. The fourth-order valence-corrected chi connectivity index (χ4v) is 1.52. The van der Waals surface area contributed by atoms with Gasteiger partial charge in [0.15, 0.2) is 0 Å². The van der Waals surface area contributed by atoms with Crippen LogP contribution in [0.3, 0.4) is 0 Å². The zero-order chi connectivity index (χ0) is 10.7. The molecule has 0 N–H and O–H groups in total. The normalized spacial score (nSPS) is 9.93. The van der Waals surface area contributed by atoms with Crippen LogP contribution in [-0.2, 0) is 0 Å². The molecule has 0 amide bonds. The number of nitrogens with zero attached hydrogens (tertiary/aromatic N) is 1. The van der Waals surface area contributed by atoms with Crippen molar-refractivity contribution in [2.24, 2.45) is 5.18 Å². The number of rotatable bonds is 2. The number of thiol groups is 1. The molecule has 0 aromatic heterocycles. The van der Waals surface area contributed by atoms with E-state index in [1.54, 1.807) is 12.1 Å². The highest BCUT2D eigenvalue weighted by atomic mass is 32.1. The summed E-state index contributed by atoms with van der Waals surface area (Å²) in [6, 6.07) is 15.0. The van der Waals surface area contributed by atoms with E-state index in [0.29, 0.717) is 5.69 Å². The molecule has 0 aliphatic heterocycles. The lowest BCUT2D eigenvalue weighted by atomic mass is 10.1. The van der Waals surface area contributed by atoms with E-state index in [1.807, 2.05) is 36.4 Å². The molecule has 0 atom stereocenters. The van der Waals surface area contributed by atoms with E-state index in [2.05, 4.69) is 17.8 Å². The zero-order valence-corrected chi connectivity index (χ0v) is 8.82. The lowest BCUT2D eigenvalue weighted by molar-refractivity contribution is 1.46. The number of hydrogen-bond acceptors (Lipinski definition) is 3. The van der Waals surface area contributed by atoms with Crippen LogP contribution >= 0.6 is 12.6 Å².